The molecule has 0 aromatic heterocycles. The first-order chi connectivity index (χ1) is 12.2. The molecule has 0 fully saturated rings. The Morgan fingerprint density at radius 3 is 2.28 bits per heavy atom. The summed E-state index contributed by atoms with van der Waals surface area (Å²) in [5.41, 5.74) is 0. The maximum atomic E-state index is 10.8. The average molecular weight is 346 g/mol. The van der Waals surface area contributed by atoms with Crippen molar-refractivity contribution >= 4 is 16.7 Å². The van der Waals surface area contributed by atoms with E-state index in [-0.39, 0.29) is 12.4 Å². The van der Waals surface area contributed by atoms with Gasteiger partial charge in [-0.2, -0.15) is 0 Å². The summed E-state index contributed by atoms with van der Waals surface area (Å²) in [6.07, 6.45) is 1.11. The van der Waals surface area contributed by atoms with Gasteiger partial charge in [0.05, 0.1) is 26.4 Å². The number of hydrogen-bond acceptors (Lipinski definition) is 6. The number of esters is 1. The smallest absolute Gasteiger partial charge is 0.330 e. The number of phenolic OH excluding ortho intramolecular Hbond substituents is 1. The zero-order valence-corrected chi connectivity index (χ0v) is 14.0. The van der Waals surface area contributed by atoms with Crippen LogP contribution in [0.5, 0.6) is 11.5 Å². The van der Waals surface area contributed by atoms with Crippen molar-refractivity contribution in [2.45, 2.75) is 0 Å². The molecule has 0 bridgehead atoms. The van der Waals surface area contributed by atoms with Crippen molar-refractivity contribution in [2.75, 3.05) is 39.6 Å². The van der Waals surface area contributed by atoms with Crippen LogP contribution in [-0.4, -0.2) is 50.7 Å². The first-order valence-corrected chi connectivity index (χ1v) is 8.00. The molecule has 0 saturated carbocycles. The van der Waals surface area contributed by atoms with Gasteiger partial charge in [0.15, 0.2) is 0 Å². The number of aromatic hydroxyl groups is 1. The lowest BCUT2D eigenvalue weighted by molar-refractivity contribution is -0.139. The lowest BCUT2D eigenvalue weighted by Gasteiger charge is -2.11. The molecule has 0 aliphatic carbocycles. The quantitative estimate of drug-likeness (QED) is 0.383. The monoisotopic (exact) mass is 346 g/mol. The molecular weight excluding hydrogens is 324 g/mol. The number of carbonyl (C=O) groups excluding carboxylic acids is 1. The van der Waals surface area contributed by atoms with Gasteiger partial charge in [-0.25, -0.2) is 4.79 Å². The second-order valence-corrected chi connectivity index (χ2v) is 5.07. The van der Waals surface area contributed by atoms with Gasteiger partial charge in [-0.1, -0.05) is 30.8 Å². The molecule has 6 heteroatoms. The molecule has 0 unspecified atom stereocenters. The SMILES string of the molecule is C=CC(=O)OCCOCCOCCOc1ccc(O)c2ccccc12. The van der Waals surface area contributed by atoms with Crippen LogP contribution >= 0.6 is 0 Å². The summed E-state index contributed by atoms with van der Waals surface area (Å²) in [6.45, 7) is 5.47. The molecule has 2 aromatic rings. The second kappa shape index (κ2) is 10.3. The highest BCUT2D eigenvalue weighted by molar-refractivity contribution is 5.92. The van der Waals surface area contributed by atoms with Crippen LogP contribution in [0.1, 0.15) is 0 Å². The van der Waals surface area contributed by atoms with E-state index < -0.39 is 5.97 Å². The molecule has 0 atom stereocenters. The third kappa shape index (κ3) is 6.10. The molecule has 25 heavy (non-hydrogen) atoms. The molecule has 1 N–H and O–H groups in total. The first kappa shape index (κ1) is 18.8. The largest absolute Gasteiger partial charge is 0.507 e. The summed E-state index contributed by atoms with van der Waals surface area (Å²) in [5, 5.41) is 11.5. The molecule has 0 aliphatic rings. The van der Waals surface area contributed by atoms with E-state index >= 15 is 0 Å². The molecular formula is C19H22O6. The van der Waals surface area contributed by atoms with Crippen molar-refractivity contribution in [2.24, 2.45) is 0 Å². The van der Waals surface area contributed by atoms with Crippen LogP contribution in [0, 0.1) is 0 Å². The van der Waals surface area contributed by atoms with Gasteiger partial charge in [-0.05, 0) is 12.1 Å². The molecule has 2 aromatic carbocycles. The molecule has 0 aliphatic heterocycles. The van der Waals surface area contributed by atoms with Crippen molar-refractivity contribution in [3.05, 3.63) is 49.1 Å². The predicted molar refractivity (Wildman–Crippen MR) is 93.9 cm³/mol. The van der Waals surface area contributed by atoms with E-state index in [1.165, 1.54) is 0 Å². The fraction of sp³-hybridized carbons (Fsp3) is 0.316. The third-order valence-corrected chi connectivity index (χ3v) is 3.36. The number of ether oxygens (including phenoxy) is 4. The minimum Gasteiger partial charge on any atom is -0.507 e. The average Bonchev–Trinajstić information content (AvgIpc) is 2.64. The van der Waals surface area contributed by atoms with Crippen LogP contribution in [0.4, 0.5) is 0 Å². The third-order valence-electron chi connectivity index (χ3n) is 3.36. The van der Waals surface area contributed by atoms with Gasteiger partial charge < -0.3 is 24.1 Å². The molecule has 0 heterocycles. The van der Waals surface area contributed by atoms with E-state index in [1.807, 2.05) is 24.3 Å². The Morgan fingerprint density at radius 2 is 1.56 bits per heavy atom. The Morgan fingerprint density at radius 1 is 0.920 bits per heavy atom. The van der Waals surface area contributed by atoms with Gasteiger partial charge in [0.2, 0.25) is 0 Å². The minimum atomic E-state index is -0.459. The number of fused-ring (bicyclic) bond motifs is 1. The van der Waals surface area contributed by atoms with Crippen LogP contribution in [0.15, 0.2) is 49.1 Å². The standard InChI is InChI=1S/C19H22O6/c1-2-19(21)25-14-12-23-10-9-22-11-13-24-18-8-7-17(20)15-5-3-4-6-16(15)18/h2-8,20H,1,9-14H2. The minimum absolute atomic E-state index is 0.196. The van der Waals surface area contributed by atoms with Gasteiger partial charge in [0.25, 0.3) is 0 Å². The Kier molecular flexibility index (Phi) is 7.75. The van der Waals surface area contributed by atoms with Crippen LogP contribution in [0.2, 0.25) is 0 Å². The molecule has 0 radical (unpaired) electrons. The van der Waals surface area contributed by atoms with Crippen LogP contribution in [0.25, 0.3) is 10.8 Å². The Hall–Kier alpha value is -2.57. The summed E-state index contributed by atoms with van der Waals surface area (Å²) in [4.78, 5) is 10.8. The maximum absolute atomic E-state index is 10.8. The number of rotatable bonds is 11. The van der Waals surface area contributed by atoms with Gasteiger partial charge in [-0.15, -0.1) is 0 Å². The van der Waals surface area contributed by atoms with E-state index in [1.54, 1.807) is 12.1 Å². The maximum Gasteiger partial charge on any atom is 0.330 e. The lowest BCUT2D eigenvalue weighted by Crippen LogP contribution is -2.13. The van der Waals surface area contributed by atoms with Gasteiger partial charge in [-0.3, -0.25) is 0 Å². The van der Waals surface area contributed by atoms with Gasteiger partial charge in [0.1, 0.15) is 24.7 Å². The van der Waals surface area contributed by atoms with Crippen LogP contribution in [-0.2, 0) is 19.0 Å². The molecule has 2 rings (SSSR count). The highest BCUT2D eigenvalue weighted by Crippen LogP contribution is 2.31. The number of phenols is 1. The van der Waals surface area contributed by atoms with E-state index in [0.717, 1.165) is 16.8 Å². The van der Waals surface area contributed by atoms with Gasteiger partial charge in [0, 0.05) is 16.8 Å². The predicted octanol–water partition coefficient (Wildman–Crippen LogP) is 2.69. The highest BCUT2D eigenvalue weighted by Gasteiger charge is 2.05. The highest BCUT2D eigenvalue weighted by atomic mass is 16.6. The zero-order valence-electron chi connectivity index (χ0n) is 14.0. The Bertz CT molecular complexity index is 697. The van der Waals surface area contributed by atoms with E-state index in [2.05, 4.69) is 6.58 Å². The van der Waals surface area contributed by atoms with E-state index in [9.17, 15) is 9.90 Å². The number of benzene rings is 2. The fourth-order valence-electron chi connectivity index (χ4n) is 2.17. The summed E-state index contributed by atoms with van der Waals surface area (Å²) >= 11 is 0. The zero-order chi connectivity index (χ0) is 17.9. The van der Waals surface area contributed by atoms with Crippen LogP contribution < -0.4 is 4.74 Å². The van der Waals surface area contributed by atoms with Crippen molar-refractivity contribution in [3.63, 3.8) is 0 Å². The van der Waals surface area contributed by atoms with Crippen LogP contribution in [0.3, 0.4) is 0 Å². The second-order valence-electron chi connectivity index (χ2n) is 5.07. The fourth-order valence-corrected chi connectivity index (χ4v) is 2.17. The van der Waals surface area contributed by atoms with Crippen molar-refractivity contribution in [1.29, 1.82) is 0 Å². The number of carbonyl (C=O) groups is 1. The van der Waals surface area contributed by atoms with E-state index in [0.29, 0.717) is 38.8 Å². The summed E-state index contributed by atoms with van der Waals surface area (Å²) in [5.74, 6) is 0.478. The topological polar surface area (TPSA) is 74.2 Å². The van der Waals surface area contributed by atoms with Crippen molar-refractivity contribution in [1.82, 2.24) is 0 Å². The van der Waals surface area contributed by atoms with Gasteiger partial charge >= 0.3 is 5.97 Å². The number of hydrogen-bond donors (Lipinski definition) is 1. The Labute approximate surface area is 146 Å². The summed E-state index contributed by atoms with van der Waals surface area (Å²) in [7, 11) is 0. The molecule has 0 amide bonds. The molecule has 0 saturated heterocycles. The first-order valence-electron chi connectivity index (χ1n) is 8.00. The lowest BCUT2D eigenvalue weighted by atomic mass is 10.1. The molecule has 134 valence electrons. The summed E-state index contributed by atoms with van der Waals surface area (Å²) < 4.78 is 21.2. The molecule has 6 nitrogen and oxygen atoms in total. The Balaban J connectivity index is 1.59. The summed E-state index contributed by atoms with van der Waals surface area (Å²) in [6, 6.07) is 10.9. The van der Waals surface area contributed by atoms with Crippen molar-refractivity contribution in [3.8, 4) is 11.5 Å². The van der Waals surface area contributed by atoms with E-state index in [4.69, 9.17) is 18.9 Å². The van der Waals surface area contributed by atoms with Crippen molar-refractivity contribution < 1.29 is 28.8 Å². The molecule has 0 spiro atoms. The normalized spacial score (nSPS) is 10.6.